The SMILES string of the molecule is CCCCS(=O)(=O)N1CCC2(CCC(=O)N(Cc3cnc(C)cn3)C2)CC1. The van der Waals surface area contributed by atoms with Gasteiger partial charge in [-0.2, -0.15) is 0 Å². The van der Waals surface area contributed by atoms with Crippen LogP contribution in [0, 0.1) is 12.3 Å². The maximum absolute atomic E-state index is 12.4. The molecule has 1 spiro atoms. The molecule has 0 aromatic carbocycles. The van der Waals surface area contributed by atoms with E-state index < -0.39 is 10.0 Å². The summed E-state index contributed by atoms with van der Waals surface area (Å²) in [4.78, 5) is 22.9. The van der Waals surface area contributed by atoms with Crippen LogP contribution in [0.4, 0.5) is 0 Å². The molecule has 0 radical (unpaired) electrons. The smallest absolute Gasteiger partial charge is 0.222 e. The molecular weight excluding hydrogens is 364 g/mol. The maximum Gasteiger partial charge on any atom is 0.222 e. The van der Waals surface area contributed by atoms with Crippen LogP contribution in [0.25, 0.3) is 0 Å². The highest BCUT2D eigenvalue weighted by atomic mass is 32.2. The van der Waals surface area contributed by atoms with Gasteiger partial charge < -0.3 is 4.90 Å². The van der Waals surface area contributed by atoms with Gasteiger partial charge in [0.1, 0.15) is 0 Å². The molecule has 0 bridgehead atoms. The third kappa shape index (κ3) is 4.85. The predicted octanol–water partition coefficient (Wildman–Crippen LogP) is 2.12. The van der Waals surface area contributed by atoms with E-state index in [2.05, 4.69) is 9.97 Å². The fourth-order valence-electron chi connectivity index (χ4n) is 4.05. The van der Waals surface area contributed by atoms with Crippen LogP contribution in [0.3, 0.4) is 0 Å². The first-order chi connectivity index (χ1) is 12.8. The van der Waals surface area contributed by atoms with Gasteiger partial charge in [-0.1, -0.05) is 13.3 Å². The Morgan fingerprint density at radius 2 is 1.89 bits per heavy atom. The van der Waals surface area contributed by atoms with Gasteiger partial charge in [-0.15, -0.1) is 0 Å². The van der Waals surface area contributed by atoms with Crippen molar-refractivity contribution in [3.05, 3.63) is 23.8 Å². The first-order valence-electron chi connectivity index (χ1n) is 9.87. The molecule has 1 aromatic rings. The number of carbonyl (C=O) groups is 1. The first kappa shape index (κ1) is 20.2. The molecule has 7 nitrogen and oxygen atoms in total. The number of carbonyl (C=O) groups excluding carboxylic acids is 1. The highest BCUT2D eigenvalue weighted by molar-refractivity contribution is 7.89. The number of sulfonamides is 1. The molecule has 0 N–H and O–H groups in total. The summed E-state index contributed by atoms with van der Waals surface area (Å²) < 4.78 is 26.5. The van der Waals surface area contributed by atoms with Gasteiger partial charge in [-0.05, 0) is 38.0 Å². The van der Waals surface area contributed by atoms with Crippen molar-refractivity contribution >= 4 is 15.9 Å². The van der Waals surface area contributed by atoms with Gasteiger partial charge >= 0.3 is 0 Å². The molecule has 0 unspecified atom stereocenters. The molecule has 3 heterocycles. The van der Waals surface area contributed by atoms with Crippen LogP contribution in [-0.2, 0) is 21.4 Å². The number of unbranched alkanes of at least 4 members (excludes halogenated alkanes) is 1. The van der Waals surface area contributed by atoms with Crippen LogP contribution >= 0.6 is 0 Å². The van der Waals surface area contributed by atoms with Crippen molar-refractivity contribution < 1.29 is 13.2 Å². The Labute approximate surface area is 162 Å². The third-order valence-electron chi connectivity index (χ3n) is 5.87. The Morgan fingerprint density at radius 3 is 2.52 bits per heavy atom. The lowest BCUT2D eigenvalue weighted by atomic mass is 9.72. The zero-order valence-corrected chi connectivity index (χ0v) is 17.2. The number of likely N-dealkylation sites (tertiary alicyclic amines) is 1. The minimum absolute atomic E-state index is 0.0306. The summed E-state index contributed by atoms with van der Waals surface area (Å²) in [6.45, 7) is 6.19. The predicted molar refractivity (Wildman–Crippen MR) is 103 cm³/mol. The molecule has 0 atom stereocenters. The fraction of sp³-hybridized carbons (Fsp3) is 0.737. The maximum atomic E-state index is 12.4. The van der Waals surface area contributed by atoms with E-state index in [0.717, 1.165) is 37.1 Å². The molecule has 1 aromatic heterocycles. The van der Waals surface area contributed by atoms with Crippen molar-refractivity contribution in [2.45, 2.75) is 58.9 Å². The Bertz CT molecular complexity index is 756. The number of rotatable bonds is 6. The van der Waals surface area contributed by atoms with E-state index in [1.165, 1.54) is 0 Å². The third-order valence-corrected chi connectivity index (χ3v) is 7.82. The summed E-state index contributed by atoms with van der Waals surface area (Å²) in [5, 5.41) is 0. The van der Waals surface area contributed by atoms with Crippen LogP contribution in [0.2, 0.25) is 0 Å². The molecule has 27 heavy (non-hydrogen) atoms. The van der Waals surface area contributed by atoms with E-state index in [0.29, 0.717) is 39.0 Å². The van der Waals surface area contributed by atoms with E-state index in [1.54, 1.807) is 16.7 Å². The Hall–Kier alpha value is -1.54. The quantitative estimate of drug-likeness (QED) is 0.738. The lowest BCUT2D eigenvalue weighted by Crippen LogP contribution is -2.52. The topological polar surface area (TPSA) is 83.5 Å². The number of amides is 1. The molecule has 1 amide bonds. The number of aromatic nitrogens is 2. The van der Waals surface area contributed by atoms with Crippen molar-refractivity contribution in [1.29, 1.82) is 0 Å². The van der Waals surface area contributed by atoms with Crippen LogP contribution in [0.15, 0.2) is 12.4 Å². The number of nitrogens with zero attached hydrogens (tertiary/aromatic N) is 4. The Balaban J connectivity index is 1.62. The number of hydrogen-bond donors (Lipinski definition) is 0. The van der Waals surface area contributed by atoms with Crippen LogP contribution in [0.1, 0.15) is 56.8 Å². The van der Waals surface area contributed by atoms with E-state index in [4.69, 9.17) is 0 Å². The lowest BCUT2D eigenvalue weighted by molar-refractivity contribution is -0.139. The molecule has 3 rings (SSSR count). The Morgan fingerprint density at radius 1 is 1.15 bits per heavy atom. The first-order valence-corrected chi connectivity index (χ1v) is 11.5. The molecule has 150 valence electrons. The van der Waals surface area contributed by atoms with Gasteiger partial charge in [0.05, 0.1) is 29.9 Å². The largest absolute Gasteiger partial charge is 0.336 e. The van der Waals surface area contributed by atoms with Gasteiger partial charge in [0.15, 0.2) is 0 Å². The summed E-state index contributed by atoms with van der Waals surface area (Å²) in [6, 6.07) is 0. The van der Waals surface area contributed by atoms with Crippen LogP contribution < -0.4 is 0 Å². The highest BCUT2D eigenvalue weighted by Gasteiger charge is 2.42. The van der Waals surface area contributed by atoms with Gasteiger partial charge in [0, 0.05) is 32.3 Å². The number of hydrogen-bond acceptors (Lipinski definition) is 5. The van der Waals surface area contributed by atoms with Crippen molar-refractivity contribution in [3.8, 4) is 0 Å². The molecule has 2 aliphatic heterocycles. The molecular formula is C19H30N4O3S. The van der Waals surface area contributed by atoms with Crippen molar-refractivity contribution in [2.75, 3.05) is 25.4 Å². The van der Waals surface area contributed by atoms with E-state index in [9.17, 15) is 13.2 Å². The average molecular weight is 395 g/mol. The lowest BCUT2D eigenvalue weighted by Gasteiger charge is -2.47. The fourth-order valence-corrected chi connectivity index (χ4v) is 5.70. The summed E-state index contributed by atoms with van der Waals surface area (Å²) in [5.74, 6) is 0.397. The van der Waals surface area contributed by atoms with Crippen molar-refractivity contribution in [2.24, 2.45) is 5.41 Å². The summed E-state index contributed by atoms with van der Waals surface area (Å²) in [6.07, 6.45) is 8.07. The molecule has 2 saturated heterocycles. The molecule has 2 fully saturated rings. The van der Waals surface area contributed by atoms with E-state index in [-0.39, 0.29) is 17.1 Å². The van der Waals surface area contributed by atoms with Gasteiger partial charge in [0.25, 0.3) is 0 Å². The monoisotopic (exact) mass is 394 g/mol. The van der Waals surface area contributed by atoms with Crippen LogP contribution in [0.5, 0.6) is 0 Å². The minimum atomic E-state index is -3.14. The molecule has 0 saturated carbocycles. The van der Waals surface area contributed by atoms with E-state index in [1.807, 2.05) is 18.7 Å². The van der Waals surface area contributed by atoms with E-state index >= 15 is 0 Å². The zero-order valence-electron chi connectivity index (χ0n) is 16.4. The number of piperidine rings is 2. The molecule has 2 aliphatic rings. The number of aryl methyl sites for hydroxylation is 1. The molecule has 8 heteroatoms. The molecule has 0 aliphatic carbocycles. The standard InChI is InChI=1S/C19H30N4O3S/c1-3-4-11-27(25,26)23-9-7-19(8-10-23)6-5-18(24)22(15-19)14-17-13-20-16(2)12-21-17/h12-13H,3-11,14-15H2,1-2H3. The second-order valence-electron chi connectivity index (χ2n) is 7.97. The minimum Gasteiger partial charge on any atom is -0.336 e. The van der Waals surface area contributed by atoms with Crippen molar-refractivity contribution in [3.63, 3.8) is 0 Å². The second kappa shape index (κ2) is 8.22. The summed E-state index contributed by atoms with van der Waals surface area (Å²) in [7, 11) is -3.14. The second-order valence-corrected chi connectivity index (χ2v) is 10.1. The van der Waals surface area contributed by atoms with Crippen molar-refractivity contribution in [1.82, 2.24) is 19.2 Å². The Kier molecular flexibility index (Phi) is 6.15. The van der Waals surface area contributed by atoms with Crippen LogP contribution in [-0.4, -0.2) is 58.9 Å². The highest BCUT2D eigenvalue weighted by Crippen LogP contribution is 2.41. The average Bonchev–Trinajstić information content (AvgIpc) is 2.65. The normalized spacial score (nSPS) is 21.0. The summed E-state index contributed by atoms with van der Waals surface area (Å²) in [5.41, 5.74) is 1.69. The zero-order chi connectivity index (χ0) is 19.5. The van der Waals surface area contributed by atoms with Gasteiger partial charge in [-0.3, -0.25) is 14.8 Å². The summed E-state index contributed by atoms with van der Waals surface area (Å²) >= 11 is 0. The van der Waals surface area contributed by atoms with Gasteiger partial charge in [0.2, 0.25) is 15.9 Å². The van der Waals surface area contributed by atoms with Gasteiger partial charge in [-0.25, -0.2) is 12.7 Å².